The molecule has 1 amide bonds. The van der Waals surface area contributed by atoms with Crippen molar-refractivity contribution in [1.29, 1.82) is 0 Å². The maximum Gasteiger partial charge on any atom is 0.410 e. The first kappa shape index (κ1) is 19.1. The van der Waals surface area contributed by atoms with Gasteiger partial charge in [-0.3, -0.25) is 4.79 Å². The fraction of sp³-hybridized carbons (Fsp3) is 0.300. The van der Waals surface area contributed by atoms with Gasteiger partial charge in [0.25, 0.3) is 5.91 Å². The maximum absolute atomic E-state index is 13.7. The molecule has 3 heterocycles. The van der Waals surface area contributed by atoms with Crippen LogP contribution < -0.4 is 10.6 Å². The molecule has 1 aromatic carbocycles. The summed E-state index contributed by atoms with van der Waals surface area (Å²) in [6.07, 6.45) is -2.25. The molecule has 0 saturated heterocycles. The number of anilines is 2. The van der Waals surface area contributed by atoms with Gasteiger partial charge >= 0.3 is 6.18 Å². The Morgan fingerprint density at radius 3 is 2.76 bits per heavy atom. The minimum atomic E-state index is -4.52. The van der Waals surface area contributed by atoms with Gasteiger partial charge < -0.3 is 15.1 Å². The highest BCUT2D eigenvalue weighted by Crippen LogP contribution is 2.44. The lowest BCUT2D eigenvalue weighted by Crippen LogP contribution is -2.36. The Morgan fingerprint density at radius 1 is 1.28 bits per heavy atom. The van der Waals surface area contributed by atoms with Crippen LogP contribution in [0.4, 0.5) is 24.7 Å². The van der Waals surface area contributed by atoms with E-state index in [1.807, 2.05) is 19.9 Å². The second-order valence-electron chi connectivity index (χ2n) is 7.06. The van der Waals surface area contributed by atoms with Gasteiger partial charge in [-0.25, -0.2) is 4.68 Å². The summed E-state index contributed by atoms with van der Waals surface area (Å²) in [5, 5.41) is 9.62. The van der Waals surface area contributed by atoms with Gasteiger partial charge in [0.15, 0.2) is 6.04 Å². The van der Waals surface area contributed by atoms with Crippen LogP contribution in [0.25, 0.3) is 0 Å². The number of nitrogens with one attached hydrogen (secondary N) is 2. The molecule has 2 aromatic heterocycles. The molecular formula is C20H19F3N4O2. The summed E-state index contributed by atoms with van der Waals surface area (Å²) >= 11 is 0. The summed E-state index contributed by atoms with van der Waals surface area (Å²) in [6, 6.07) is 6.08. The molecule has 3 aromatic rings. The number of carbonyl (C=O) groups is 1. The molecule has 2 unspecified atom stereocenters. The fourth-order valence-electron chi connectivity index (χ4n) is 3.48. The number of benzene rings is 1. The van der Waals surface area contributed by atoms with Crippen molar-refractivity contribution in [2.45, 2.75) is 38.5 Å². The molecule has 4 rings (SSSR count). The van der Waals surface area contributed by atoms with Gasteiger partial charge in [0, 0.05) is 12.1 Å². The molecule has 9 heteroatoms. The lowest BCUT2D eigenvalue weighted by molar-refractivity contribution is -0.174. The Labute approximate surface area is 164 Å². The van der Waals surface area contributed by atoms with Crippen LogP contribution in [0.3, 0.4) is 0 Å². The van der Waals surface area contributed by atoms with Gasteiger partial charge in [-0.05, 0) is 43.2 Å². The number of hydrogen-bond acceptors (Lipinski definition) is 4. The third-order valence-electron chi connectivity index (χ3n) is 5.22. The third kappa shape index (κ3) is 3.48. The molecule has 0 aliphatic carbocycles. The van der Waals surface area contributed by atoms with E-state index in [0.717, 1.165) is 22.0 Å². The SMILES string of the molecule is Cc1cccc(NC(=O)c2cnn3c2NC(c2ccco2)CC3C(F)(F)F)c1C. The van der Waals surface area contributed by atoms with E-state index in [9.17, 15) is 18.0 Å². The van der Waals surface area contributed by atoms with Crippen molar-refractivity contribution in [3.8, 4) is 0 Å². The Kier molecular flexibility index (Phi) is 4.60. The van der Waals surface area contributed by atoms with Crippen LogP contribution in [-0.2, 0) is 0 Å². The van der Waals surface area contributed by atoms with Crippen LogP contribution in [0.2, 0.25) is 0 Å². The zero-order chi connectivity index (χ0) is 20.8. The fourth-order valence-corrected chi connectivity index (χ4v) is 3.48. The number of aryl methyl sites for hydroxylation is 1. The summed E-state index contributed by atoms with van der Waals surface area (Å²) in [7, 11) is 0. The third-order valence-corrected chi connectivity index (χ3v) is 5.22. The lowest BCUT2D eigenvalue weighted by Gasteiger charge is -2.32. The van der Waals surface area contributed by atoms with Gasteiger partial charge in [0.2, 0.25) is 0 Å². The summed E-state index contributed by atoms with van der Waals surface area (Å²) < 4.78 is 47.1. The van der Waals surface area contributed by atoms with E-state index < -0.39 is 24.2 Å². The molecule has 152 valence electrons. The number of furan rings is 1. The highest BCUT2D eigenvalue weighted by Gasteiger charge is 2.47. The lowest BCUT2D eigenvalue weighted by atomic mass is 10.0. The molecule has 0 fully saturated rings. The van der Waals surface area contributed by atoms with Crippen molar-refractivity contribution in [2.75, 3.05) is 10.6 Å². The average molecular weight is 404 g/mol. The molecule has 29 heavy (non-hydrogen) atoms. The highest BCUT2D eigenvalue weighted by atomic mass is 19.4. The van der Waals surface area contributed by atoms with E-state index in [0.29, 0.717) is 11.4 Å². The molecule has 1 aliphatic heterocycles. The topological polar surface area (TPSA) is 72.1 Å². The summed E-state index contributed by atoms with van der Waals surface area (Å²) in [5.74, 6) is -0.149. The number of amides is 1. The quantitative estimate of drug-likeness (QED) is 0.644. The van der Waals surface area contributed by atoms with Crippen molar-refractivity contribution < 1.29 is 22.4 Å². The summed E-state index contributed by atoms with van der Waals surface area (Å²) in [6.45, 7) is 3.78. The van der Waals surface area contributed by atoms with E-state index >= 15 is 0 Å². The minimum Gasteiger partial charge on any atom is -0.467 e. The molecule has 0 bridgehead atoms. The van der Waals surface area contributed by atoms with Crippen LogP contribution >= 0.6 is 0 Å². The second-order valence-corrected chi connectivity index (χ2v) is 7.06. The molecule has 6 nitrogen and oxygen atoms in total. The Morgan fingerprint density at radius 2 is 2.07 bits per heavy atom. The summed E-state index contributed by atoms with van der Waals surface area (Å²) in [4.78, 5) is 12.9. The molecule has 0 spiro atoms. The van der Waals surface area contributed by atoms with Crippen LogP contribution in [-0.4, -0.2) is 21.9 Å². The Balaban J connectivity index is 1.70. The number of rotatable bonds is 3. The van der Waals surface area contributed by atoms with Crippen molar-refractivity contribution in [2.24, 2.45) is 0 Å². The van der Waals surface area contributed by atoms with Crippen LogP contribution in [0, 0.1) is 13.8 Å². The molecule has 0 saturated carbocycles. The Hall–Kier alpha value is -3.23. The zero-order valence-electron chi connectivity index (χ0n) is 15.7. The van der Waals surface area contributed by atoms with Gasteiger partial charge in [0.05, 0.1) is 18.5 Å². The smallest absolute Gasteiger partial charge is 0.410 e. The Bertz CT molecular complexity index is 1040. The number of fused-ring (bicyclic) bond motifs is 1. The number of alkyl halides is 3. The molecule has 0 radical (unpaired) electrons. The van der Waals surface area contributed by atoms with Crippen molar-refractivity contribution in [1.82, 2.24) is 9.78 Å². The van der Waals surface area contributed by atoms with Gasteiger partial charge in [-0.2, -0.15) is 18.3 Å². The highest BCUT2D eigenvalue weighted by molar-refractivity contribution is 6.08. The van der Waals surface area contributed by atoms with Crippen molar-refractivity contribution >= 4 is 17.4 Å². The van der Waals surface area contributed by atoms with E-state index in [1.54, 1.807) is 24.3 Å². The molecule has 2 N–H and O–H groups in total. The average Bonchev–Trinajstić information content (AvgIpc) is 3.33. The molecular weight excluding hydrogens is 385 g/mol. The van der Waals surface area contributed by atoms with E-state index in [1.165, 1.54) is 6.26 Å². The monoisotopic (exact) mass is 404 g/mol. The molecule has 1 aliphatic rings. The standard InChI is InChI=1S/C20H19F3N4O2/c1-11-5-3-6-14(12(11)2)26-19(28)13-10-24-27-17(20(21,22)23)9-15(25-18(13)27)16-7-4-8-29-16/h3-8,10,15,17,25H,9H2,1-2H3,(H,26,28). The first-order valence-corrected chi connectivity index (χ1v) is 9.07. The van der Waals surface area contributed by atoms with Crippen LogP contribution in [0.15, 0.2) is 47.2 Å². The first-order valence-electron chi connectivity index (χ1n) is 9.07. The molecule has 2 atom stereocenters. The van der Waals surface area contributed by atoms with E-state index in [-0.39, 0.29) is 17.8 Å². The van der Waals surface area contributed by atoms with Crippen molar-refractivity contribution in [3.05, 3.63) is 65.2 Å². The number of halogens is 3. The van der Waals surface area contributed by atoms with Gasteiger partial charge in [-0.1, -0.05) is 12.1 Å². The number of hydrogen-bond donors (Lipinski definition) is 2. The predicted octanol–water partition coefficient (Wildman–Crippen LogP) is 5.01. The van der Waals surface area contributed by atoms with Crippen LogP contribution in [0.5, 0.6) is 0 Å². The maximum atomic E-state index is 13.7. The summed E-state index contributed by atoms with van der Waals surface area (Å²) in [5.41, 5.74) is 2.52. The number of aromatic nitrogens is 2. The predicted molar refractivity (Wildman–Crippen MR) is 101 cm³/mol. The first-order chi connectivity index (χ1) is 13.8. The van der Waals surface area contributed by atoms with E-state index in [4.69, 9.17) is 4.42 Å². The zero-order valence-corrected chi connectivity index (χ0v) is 15.7. The second kappa shape index (κ2) is 6.98. The van der Waals surface area contributed by atoms with Crippen molar-refractivity contribution in [3.63, 3.8) is 0 Å². The van der Waals surface area contributed by atoms with Gasteiger partial charge in [0.1, 0.15) is 17.1 Å². The largest absolute Gasteiger partial charge is 0.467 e. The number of nitrogens with zero attached hydrogens (tertiary/aromatic N) is 2. The minimum absolute atomic E-state index is 0.0165. The van der Waals surface area contributed by atoms with Crippen LogP contribution in [0.1, 0.15) is 45.7 Å². The van der Waals surface area contributed by atoms with Gasteiger partial charge in [-0.15, -0.1) is 0 Å². The van der Waals surface area contributed by atoms with E-state index in [2.05, 4.69) is 15.7 Å². The number of carbonyl (C=O) groups excluding carboxylic acids is 1. The normalized spacial score (nSPS) is 18.8.